The molecule has 38 heavy (non-hydrogen) atoms. The van der Waals surface area contributed by atoms with Gasteiger partial charge in [-0.3, -0.25) is 9.59 Å². The minimum absolute atomic E-state index is 0.0267. The fourth-order valence-electron chi connectivity index (χ4n) is 5.98. The summed E-state index contributed by atoms with van der Waals surface area (Å²) in [5.74, 6) is 0.491. The molecule has 0 aliphatic carbocycles. The number of nitrogens with zero attached hydrogens (tertiary/aromatic N) is 5. The maximum atomic E-state index is 13.2. The molecule has 10 nitrogen and oxygen atoms in total. The maximum absolute atomic E-state index is 13.2. The van der Waals surface area contributed by atoms with Gasteiger partial charge in [0.05, 0.1) is 35.2 Å². The minimum atomic E-state index is -3.26. The van der Waals surface area contributed by atoms with Gasteiger partial charge >= 0.3 is 0 Å². The second kappa shape index (κ2) is 10.7. The molecular weight excluding hydrogens is 504 g/mol. The van der Waals surface area contributed by atoms with E-state index in [1.165, 1.54) is 16.9 Å². The zero-order valence-corrected chi connectivity index (χ0v) is 23.0. The van der Waals surface area contributed by atoms with Gasteiger partial charge in [-0.05, 0) is 37.7 Å². The van der Waals surface area contributed by atoms with Crippen molar-refractivity contribution in [3.8, 4) is 0 Å². The van der Waals surface area contributed by atoms with Crippen LogP contribution in [0.2, 0.25) is 0 Å². The number of fused-ring (bicyclic) bond motifs is 1. The average molecular weight is 541 g/mol. The topological polar surface area (TPSA) is 116 Å². The van der Waals surface area contributed by atoms with Gasteiger partial charge in [0.2, 0.25) is 15.9 Å². The van der Waals surface area contributed by atoms with Gasteiger partial charge in [0.15, 0.2) is 0 Å². The molecule has 204 valence electrons. The maximum Gasteiger partial charge on any atom is 0.257 e. The van der Waals surface area contributed by atoms with Crippen molar-refractivity contribution in [2.24, 2.45) is 17.8 Å². The Balaban J connectivity index is 1.15. The number of sulfonamides is 1. The molecule has 2 amide bonds. The van der Waals surface area contributed by atoms with Crippen LogP contribution in [0.25, 0.3) is 0 Å². The number of amides is 2. The molecule has 3 atom stereocenters. The van der Waals surface area contributed by atoms with E-state index in [1.807, 2.05) is 49.1 Å². The third-order valence-corrected chi connectivity index (χ3v) is 9.47. The van der Waals surface area contributed by atoms with E-state index in [0.29, 0.717) is 17.4 Å². The van der Waals surface area contributed by atoms with Crippen LogP contribution in [-0.2, 0) is 14.8 Å². The molecule has 2 unspecified atom stereocenters. The second-order valence-electron chi connectivity index (χ2n) is 10.9. The Morgan fingerprint density at radius 2 is 1.58 bits per heavy atom. The van der Waals surface area contributed by atoms with E-state index < -0.39 is 10.0 Å². The lowest BCUT2D eigenvalue weighted by Crippen LogP contribution is -2.55. The molecule has 1 N–H and O–H groups in total. The van der Waals surface area contributed by atoms with Crippen molar-refractivity contribution in [1.82, 2.24) is 29.4 Å². The van der Waals surface area contributed by atoms with Crippen LogP contribution < -0.4 is 5.32 Å². The quantitative estimate of drug-likeness (QED) is 0.536. The number of rotatable bonds is 8. The lowest BCUT2D eigenvalue weighted by Gasteiger charge is -2.37. The fourth-order valence-corrected chi connectivity index (χ4v) is 6.88. The largest absolute Gasteiger partial charge is 0.349 e. The standard InChI is InChI=1S/C27H36N6O4S/c1-18-25(19(2)29-17-28-18)27(35)32-13-21-11-31(12-22(21)14-32)10-9-24(20-7-5-4-6-8-20)30-26(34)23-15-33(16-23)38(3,36)37/h4-8,17,21-24H,9-16H2,1-3H3,(H,30,34)/t21?,22?,24-/m0/s1. The van der Waals surface area contributed by atoms with Crippen molar-refractivity contribution < 1.29 is 18.0 Å². The Morgan fingerprint density at radius 3 is 2.16 bits per heavy atom. The highest BCUT2D eigenvalue weighted by molar-refractivity contribution is 7.88. The molecule has 3 aliphatic rings. The molecule has 3 fully saturated rings. The van der Waals surface area contributed by atoms with Crippen molar-refractivity contribution in [1.29, 1.82) is 0 Å². The van der Waals surface area contributed by atoms with Crippen LogP contribution in [0, 0.1) is 31.6 Å². The summed E-state index contributed by atoms with van der Waals surface area (Å²) < 4.78 is 24.7. The molecule has 11 heteroatoms. The summed E-state index contributed by atoms with van der Waals surface area (Å²) in [4.78, 5) is 38.9. The van der Waals surface area contributed by atoms with Crippen LogP contribution in [0.1, 0.15) is 39.8 Å². The van der Waals surface area contributed by atoms with Gasteiger partial charge in [0.25, 0.3) is 5.91 Å². The summed E-state index contributed by atoms with van der Waals surface area (Å²) in [6.45, 7) is 8.38. The van der Waals surface area contributed by atoms with Crippen molar-refractivity contribution in [3.63, 3.8) is 0 Å². The summed E-state index contributed by atoms with van der Waals surface area (Å²) in [5, 5.41) is 3.18. The zero-order chi connectivity index (χ0) is 27.0. The van der Waals surface area contributed by atoms with Gasteiger partial charge in [-0.15, -0.1) is 0 Å². The Bertz CT molecular complexity index is 1260. The minimum Gasteiger partial charge on any atom is -0.349 e. The first-order valence-corrected chi connectivity index (χ1v) is 15.0. The van der Waals surface area contributed by atoms with Crippen molar-refractivity contribution in [2.75, 3.05) is 52.1 Å². The number of hydrogen-bond acceptors (Lipinski definition) is 7. The van der Waals surface area contributed by atoms with Crippen molar-refractivity contribution in [2.45, 2.75) is 26.3 Å². The second-order valence-corrected chi connectivity index (χ2v) is 12.9. The molecule has 3 saturated heterocycles. The summed E-state index contributed by atoms with van der Waals surface area (Å²) in [6, 6.07) is 9.80. The molecule has 1 aromatic heterocycles. The Hall–Kier alpha value is -2.89. The number of aryl methyl sites for hydroxylation is 2. The van der Waals surface area contributed by atoms with Crippen molar-refractivity contribution in [3.05, 3.63) is 59.2 Å². The number of carbonyl (C=O) groups excluding carboxylic acids is 2. The number of likely N-dealkylation sites (tertiary alicyclic amines) is 2. The predicted octanol–water partition coefficient (Wildman–Crippen LogP) is 1.24. The predicted molar refractivity (Wildman–Crippen MR) is 143 cm³/mol. The number of carbonyl (C=O) groups is 2. The van der Waals surface area contributed by atoms with E-state index in [-0.39, 0.29) is 36.9 Å². The Kier molecular flexibility index (Phi) is 7.52. The summed E-state index contributed by atoms with van der Waals surface area (Å²) >= 11 is 0. The van der Waals surface area contributed by atoms with E-state index in [2.05, 4.69) is 20.2 Å². The van der Waals surface area contributed by atoms with Gasteiger partial charge in [-0.1, -0.05) is 30.3 Å². The van der Waals surface area contributed by atoms with Crippen LogP contribution >= 0.6 is 0 Å². The highest BCUT2D eigenvalue weighted by Gasteiger charge is 2.42. The summed E-state index contributed by atoms with van der Waals surface area (Å²) in [7, 11) is -3.26. The zero-order valence-electron chi connectivity index (χ0n) is 22.2. The molecule has 3 aliphatic heterocycles. The average Bonchev–Trinajstić information content (AvgIpc) is 3.39. The van der Waals surface area contributed by atoms with Crippen LogP contribution in [0.4, 0.5) is 0 Å². The molecule has 1 aromatic carbocycles. The van der Waals surface area contributed by atoms with Gasteiger partial charge in [-0.2, -0.15) is 0 Å². The Labute approximate surface area is 224 Å². The van der Waals surface area contributed by atoms with Gasteiger partial charge in [-0.25, -0.2) is 22.7 Å². The first-order valence-electron chi connectivity index (χ1n) is 13.2. The van der Waals surface area contributed by atoms with Crippen LogP contribution in [0.15, 0.2) is 36.7 Å². The third kappa shape index (κ3) is 5.60. The van der Waals surface area contributed by atoms with Gasteiger partial charge in [0.1, 0.15) is 6.33 Å². The van der Waals surface area contributed by atoms with Crippen LogP contribution in [0.5, 0.6) is 0 Å². The molecule has 4 heterocycles. The summed E-state index contributed by atoms with van der Waals surface area (Å²) in [6.07, 6.45) is 3.44. The van der Waals surface area contributed by atoms with Crippen LogP contribution in [0.3, 0.4) is 0 Å². The number of benzene rings is 1. The molecule has 0 spiro atoms. The fraction of sp³-hybridized carbons (Fsp3) is 0.556. The van der Waals surface area contributed by atoms with E-state index in [0.717, 1.165) is 56.1 Å². The molecule has 2 aromatic rings. The number of hydrogen-bond donors (Lipinski definition) is 1. The first kappa shape index (κ1) is 26.7. The molecule has 5 rings (SSSR count). The molecule has 0 radical (unpaired) electrons. The normalized spacial score (nSPS) is 23.2. The summed E-state index contributed by atoms with van der Waals surface area (Å²) in [5.41, 5.74) is 3.12. The molecule has 0 saturated carbocycles. The lowest BCUT2D eigenvalue weighted by atomic mass is 9.99. The SMILES string of the molecule is Cc1ncnc(C)c1C(=O)N1CC2CN(CC[C@H](NC(=O)C3CN(S(C)(=O)=O)C3)c3ccccc3)CC2C1. The number of aromatic nitrogens is 2. The van der Waals surface area contributed by atoms with Crippen LogP contribution in [-0.4, -0.2) is 96.4 Å². The Morgan fingerprint density at radius 1 is 0.974 bits per heavy atom. The van der Waals surface area contributed by atoms with E-state index in [1.54, 1.807) is 0 Å². The van der Waals surface area contributed by atoms with E-state index in [9.17, 15) is 18.0 Å². The van der Waals surface area contributed by atoms with Gasteiger partial charge < -0.3 is 15.1 Å². The smallest absolute Gasteiger partial charge is 0.257 e. The molecular formula is C27H36N6O4S. The third-order valence-electron chi connectivity index (χ3n) is 8.23. The highest BCUT2D eigenvalue weighted by atomic mass is 32.2. The molecule has 0 bridgehead atoms. The number of nitrogens with one attached hydrogen (secondary N) is 1. The lowest BCUT2D eigenvalue weighted by molar-refractivity contribution is -0.129. The first-order chi connectivity index (χ1) is 18.1. The monoisotopic (exact) mass is 540 g/mol. The van der Waals surface area contributed by atoms with Gasteiger partial charge in [0, 0.05) is 45.8 Å². The highest BCUT2D eigenvalue weighted by Crippen LogP contribution is 2.33. The van der Waals surface area contributed by atoms with E-state index >= 15 is 0 Å². The van der Waals surface area contributed by atoms with Crippen molar-refractivity contribution >= 4 is 21.8 Å². The van der Waals surface area contributed by atoms with E-state index in [4.69, 9.17) is 0 Å².